The Bertz CT molecular complexity index is 430. The molecule has 6 heteroatoms. The van der Waals surface area contributed by atoms with Crippen molar-refractivity contribution in [3.63, 3.8) is 0 Å². The highest BCUT2D eigenvalue weighted by atomic mass is 16.5. The molecule has 104 valence electrons. The van der Waals surface area contributed by atoms with Crippen molar-refractivity contribution in [1.82, 2.24) is 9.88 Å². The molecule has 0 radical (unpaired) electrons. The molecule has 1 aliphatic rings. The number of likely N-dealkylation sites (tertiary alicyclic amines) is 1. The van der Waals surface area contributed by atoms with Crippen LogP contribution in [0.2, 0.25) is 0 Å². The van der Waals surface area contributed by atoms with Crippen molar-refractivity contribution in [3.8, 4) is 5.75 Å². The number of pyridine rings is 1. The molecule has 3 N–H and O–H groups in total. The molecule has 0 atom stereocenters. The molecule has 0 spiro atoms. The van der Waals surface area contributed by atoms with Crippen molar-refractivity contribution in [2.24, 2.45) is 10.9 Å². The van der Waals surface area contributed by atoms with Gasteiger partial charge in [-0.2, -0.15) is 0 Å². The summed E-state index contributed by atoms with van der Waals surface area (Å²) >= 11 is 0. The van der Waals surface area contributed by atoms with Crippen molar-refractivity contribution < 1.29 is 9.94 Å². The average Bonchev–Trinajstić information content (AvgIpc) is 2.48. The Labute approximate surface area is 112 Å². The molecule has 6 nitrogen and oxygen atoms in total. The molecule has 0 bridgehead atoms. The van der Waals surface area contributed by atoms with Crippen LogP contribution in [0, 0.1) is 0 Å². The number of nitrogens with two attached hydrogens (primary N) is 1. The van der Waals surface area contributed by atoms with Crippen LogP contribution in [0.3, 0.4) is 0 Å². The van der Waals surface area contributed by atoms with Gasteiger partial charge in [0.05, 0.1) is 0 Å². The summed E-state index contributed by atoms with van der Waals surface area (Å²) in [6.45, 7) is 3.89. The number of ether oxygens (including phenoxy) is 1. The summed E-state index contributed by atoms with van der Waals surface area (Å²) in [5.74, 6) is 0.676. The fraction of sp³-hybridized carbons (Fsp3) is 0.538. The van der Waals surface area contributed by atoms with Gasteiger partial charge in [0.2, 0.25) is 0 Å². The van der Waals surface area contributed by atoms with Crippen LogP contribution in [-0.4, -0.2) is 47.2 Å². The molecule has 1 aromatic rings. The first-order valence-electron chi connectivity index (χ1n) is 6.58. The summed E-state index contributed by atoms with van der Waals surface area (Å²) in [7, 11) is 0. The molecule has 2 rings (SSSR count). The Morgan fingerprint density at radius 2 is 2.21 bits per heavy atom. The standard InChI is InChI=1S/C13H20N4O2/c14-13(16-18)12-10-11(4-5-15-12)19-9-8-17-6-2-1-3-7-17/h4-5,10,18H,1-3,6-9H2,(H2,14,16). The predicted octanol–water partition coefficient (Wildman–Crippen LogP) is 1.04. The lowest BCUT2D eigenvalue weighted by molar-refractivity contribution is 0.183. The van der Waals surface area contributed by atoms with Gasteiger partial charge >= 0.3 is 0 Å². The maximum Gasteiger partial charge on any atom is 0.188 e. The number of piperidine rings is 1. The zero-order valence-corrected chi connectivity index (χ0v) is 11.0. The summed E-state index contributed by atoms with van der Waals surface area (Å²) in [5, 5.41) is 11.5. The molecule has 1 aromatic heterocycles. The summed E-state index contributed by atoms with van der Waals surface area (Å²) < 4.78 is 5.67. The summed E-state index contributed by atoms with van der Waals surface area (Å²) in [6, 6.07) is 3.44. The summed E-state index contributed by atoms with van der Waals surface area (Å²) in [6.07, 6.45) is 5.49. The van der Waals surface area contributed by atoms with Crippen LogP contribution in [0.5, 0.6) is 5.75 Å². The first-order chi connectivity index (χ1) is 9.29. The first kappa shape index (κ1) is 13.6. The summed E-state index contributed by atoms with van der Waals surface area (Å²) in [4.78, 5) is 6.41. The normalized spacial score (nSPS) is 17.4. The van der Waals surface area contributed by atoms with Gasteiger partial charge in [-0.15, -0.1) is 0 Å². The van der Waals surface area contributed by atoms with Gasteiger partial charge in [-0.05, 0) is 32.0 Å². The van der Waals surface area contributed by atoms with Crippen LogP contribution < -0.4 is 10.5 Å². The van der Waals surface area contributed by atoms with Gasteiger partial charge in [0.15, 0.2) is 5.84 Å². The van der Waals surface area contributed by atoms with Crippen LogP contribution in [0.15, 0.2) is 23.5 Å². The molecule has 0 aromatic carbocycles. The zero-order valence-electron chi connectivity index (χ0n) is 11.0. The summed E-state index contributed by atoms with van der Waals surface area (Å²) in [5.41, 5.74) is 5.90. The fourth-order valence-corrected chi connectivity index (χ4v) is 2.17. The molecule has 19 heavy (non-hydrogen) atoms. The van der Waals surface area contributed by atoms with Gasteiger partial charge in [0, 0.05) is 18.8 Å². The second-order valence-electron chi connectivity index (χ2n) is 4.61. The maximum absolute atomic E-state index is 8.60. The van der Waals surface area contributed by atoms with Crippen LogP contribution in [0.25, 0.3) is 0 Å². The van der Waals surface area contributed by atoms with Gasteiger partial charge in [0.1, 0.15) is 18.1 Å². The lowest BCUT2D eigenvalue weighted by Crippen LogP contribution is -2.33. The number of nitrogens with zero attached hydrogens (tertiary/aromatic N) is 3. The van der Waals surface area contributed by atoms with E-state index in [2.05, 4.69) is 15.0 Å². The maximum atomic E-state index is 8.60. The van der Waals surface area contributed by atoms with Crippen molar-refractivity contribution in [1.29, 1.82) is 0 Å². The Balaban J connectivity index is 1.82. The largest absolute Gasteiger partial charge is 0.492 e. The number of hydrogen-bond donors (Lipinski definition) is 2. The Hall–Kier alpha value is -1.82. The molecule has 0 unspecified atom stereocenters. The third kappa shape index (κ3) is 4.10. The third-order valence-corrected chi connectivity index (χ3v) is 3.23. The minimum atomic E-state index is -0.0125. The van der Waals surface area contributed by atoms with Crippen LogP contribution in [0.1, 0.15) is 25.0 Å². The first-order valence-corrected chi connectivity index (χ1v) is 6.58. The molecular weight excluding hydrogens is 244 g/mol. The van der Waals surface area contributed by atoms with Gasteiger partial charge in [-0.3, -0.25) is 9.88 Å². The minimum absolute atomic E-state index is 0.0125. The van der Waals surface area contributed by atoms with E-state index in [-0.39, 0.29) is 5.84 Å². The SMILES string of the molecule is N/C(=N/O)c1cc(OCCN2CCCCC2)ccn1. The van der Waals surface area contributed by atoms with E-state index in [0.717, 1.165) is 19.6 Å². The smallest absolute Gasteiger partial charge is 0.188 e. The van der Waals surface area contributed by atoms with E-state index in [4.69, 9.17) is 15.7 Å². The number of oxime groups is 1. The van der Waals surface area contributed by atoms with Crippen LogP contribution in [0.4, 0.5) is 0 Å². The molecule has 2 heterocycles. The number of amidine groups is 1. The zero-order chi connectivity index (χ0) is 13.5. The molecular formula is C13H20N4O2. The van der Waals surface area contributed by atoms with Crippen LogP contribution >= 0.6 is 0 Å². The van der Waals surface area contributed by atoms with E-state index >= 15 is 0 Å². The quantitative estimate of drug-likeness (QED) is 0.359. The number of aromatic nitrogens is 1. The molecule has 1 aliphatic heterocycles. The van der Waals surface area contributed by atoms with Crippen molar-refractivity contribution >= 4 is 5.84 Å². The van der Waals surface area contributed by atoms with Crippen molar-refractivity contribution in [3.05, 3.63) is 24.0 Å². The Morgan fingerprint density at radius 3 is 2.95 bits per heavy atom. The second-order valence-corrected chi connectivity index (χ2v) is 4.61. The Kier molecular flexibility index (Phi) is 4.97. The fourth-order valence-electron chi connectivity index (χ4n) is 2.17. The third-order valence-electron chi connectivity index (χ3n) is 3.23. The van der Waals surface area contributed by atoms with Crippen molar-refractivity contribution in [2.45, 2.75) is 19.3 Å². The average molecular weight is 264 g/mol. The van der Waals surface area contributed by atoms with E-state index in [1.807, 2.05) is 0 Å². The number of rotatable bonds is 5. The highest BCUT2D eigenvalue weighted by Crippen LogP contribution is 2.12. The minimum Gasteiger partial charge on any atom is -0.492 e. The molecule has 0 aliphatic carbocycles. The van der Waals surface area contributed by atoms with Gasteiger partial charge < -0.3 is 15.7 Å². The highest BCUT2D eigenvalue weighted by Gasteiger charge is 2.09. The monoisotopic (exact) mass is 264 g/mol. The second kappa shape index (κ2) is 6.94. The lowest BCUT2D eigenvalue weighted by Gasteiger charge is -2.26. The van der Waals surface area contributed by atoms with Gasteiger partial charge in [0.25, 0.3) is 0 Å². The molecule has 1 fully saturated rings. The van der Waals surface area contributed by atoms with E-state index in [0.29, 0.717) is 18.1 Å². The van der Waals surface area contributed by atoms with Gasteiger partial charge in [-0.25, -0.2) is 0 Å². The van der Waals surface area contributed by atoms with E-state index < -0.39 is 0 Å². The van der Waals surface area contributed by atoms with Crippen molar-refractivity contribution in [2.75, 3.05) is 26.2 Å². The topological polar surface area (TPSA) is 84.0 Å². The predicted molar refractivity (Wildman–Crippen MR) is 72.5 cm³/mol. The molecule has 0 saturated carbocycles. The van der Waals surface area contributed by atoms with E-state index in [9.17, 15) is 0 Å². The van der Waals surface area contributed by atoms with E-state index in [1.165, 1.54) is 19.3 Å². The van der Waals surface area contributed by atoms with Gasteiger partial charge in [-0.1, -0.05) is 11.6 Å². The lowest BCUT2D eigenvalue weighted by atomic mass is 10.1. The highest BCUT2D eigenvalue weighted by molar-refractivity contribution is 5.95. The molecule has 0 amide bonds. The Morgan fingerprint density at radius 1 is 1.42 bits per heavy atom. The number of hydrogen-bond acceptors (Lipinski definition) is 5. The molecule has 1 saturated heterocycles. The van der Waals surface area contributed by atoms with Crippen LogP contribution in [-0.2, 0) is 0 Å². The van der Waals surface area contributed by atoms with E-state index in [1.54, 1.807) is 18.3 Å².